The molecule has 0 N–H and O–H groups in total. The third-order valence-electron chi connectivity index (χ3n) is 6.55. The Bertz CT molecular complexity index is 1380. The summed E-state index contributed by atoms with van der Waals surface area (Å²) in [6.07, 6.45) is 0. The Morgan fingerprint density at radius 2 is 0.737 bits per heavy atom. The predicted molar refractivity (Wildman–Crippen MR) is 163 cm³/mol. The summed E-state index contributed by atoms with van der Waals surface area (Å²) in [5.74, 6) is -0.474. The van der Waals surface area contributed by atoms with Gasteiger partial charge in [0.25, 0.3) is 0 Å². The second kappa shape index (κ2) is 10.7. The van der Waals surface area contributed by atoms with Crippen LogP contribution < -0.4 is 21.2 Å². The monoisotopic (exact) mass is 596 g/mol. The summed E-state index contributed by atoms with van der Waals surface area (Å²) in [5, 5.41) is 5.33. The van der Waals surface area contributed by atoms with Crippen LogP contribution in [0.25, 0.3) is 0 Å². The van der Waals surface area contributed by atoms with Crippen molar-refractivity contribution in [1.29, 1.82) is 0 Å². The molecule has 190 valence electrons. The maximum absolute atomic E-state index is 14.1. The maximum atomic E-state index is 14.1. The van der Waals surface area contributed by atoms with Crippen LogP contribution in [-0.2, 0) is 4.52 Å². The van der Waals surface area contributed by atoms with E-state index in [9.17, 15) is 4.79 Å². The van der Waals surface area contributed by atoms with Gasteiger partial charge < -0.3 is 0 Å². The molecular weight excluding hydrogens is 577 g/mol. The molecule has 5 aromatic rings. The first-order valence-electron chi connectivity index (χ1n) is 11.7. The van der Waals surface area contributed by atoms with E-state index in [2.05, 4.69) is 0 Å². The van der Waals surface area contributed by atoms with Crippen molar-refractivity contribution < 1.29 is 9.32 Å². The molecule has 0 unspecified atom stereocenters. The molecule has 0 saturated carbocycles. The number of rotatable bonds is 6. The van der Waals surface area contributed by atoms with Crippen molar-refractivity contribution in [2.45, 2.75) is 0 Å². The fourth-order valence-corrected chi connectivity index (χ4v) is 10.8. The average molecular weight is 598 g/mol. The van der Waals surface area contributed by atoms with Crippen molar-refractivity contribution in [3.8, 4) is 0 Å². The molecule has 0 fully saturated rings. The number of hydrogen-bond donors (Lipinski definition) is 0. The molecular formula is C31H21Cl4O2P. The zero-order valence-corrected chi connectivity index (χ0v) is 23.8. The molecule has 2 nitrogen and oxygen atoms in total. The first kappa shape index (κ1) is 26.8. The van der Waals surface area contributed by atoms with Gasteiger partial charge in [-0.05, 0) is 0 Å². The first-order valence-corrected chi connectivity index (χ1v) is 15.4. The topological polar surface area (TPSA) is 26.3 Å². The van der Waals surface area contributed by atoms with Crippen molar-refractivity contribution in [1.82, 2.24) is 0 Å². The number of benzene rings is 5. The van der Waals surface area contributed by atoms with E-state index in [0.717, 1.165) is 21.2 Å². The van der Waals surface area contributed by atoms with Gasteiger partial charge in [-0.1, -0.05) is 0 Å². The summed E-state index contributed by atoms with van der Waals surface area (Å²) >= 11 is 25.5. The summed E-state index contributed by atoms with van der Waals surface area (Å²) in [6.45, 7) is -4.31. The van der Waals surface area contributed by atoms with Gasteiger partial charge in [-0.3, -0.25) is 0 Å². The van der Waals surface area contributed by atoms with Gasteiger partial charge in [-0.15, -0.1) is 0 Å². The molecule has 0 radical (unpaired) electrons. The molecule has 0 saturated heterocycles. The molecule has 0 bridgehead atoms. The Labute approximate surface area is 241 Å². The zero-order chi connectivity index (χ0) is 26.8. The molecule has 0 aliphatic rings. The number of hydrogen-bond acceptors (Lipinski definition) is 2. The third-order valence-corrected chi connectivity index (χ3v) is 13.2. The molecule has 5 rings (SSSR count). The van der Waals surface area contributed by atoms with E-state index in [4.69, 9.17) is 50.9 Å². The van der Waals surface area contributed by atoms with E-state index in [-0.39, 0.29) is 0 Å². The van der Waals surface area contributed by atoms with E-state index < -0.39 is 12.8 Å². The van der Waals surface area contributed by atoms with Gasteiger partial charge in [0.05, 0.1) is 0 Å². The van der Waals surface area contributed by atoms with Crippen molar-refractivity contribution in [3.05, 3.63) is 153 Å². The van der Waals surface area contributed by atoms with Crippen LogP contribution in [0.1, 0.15) is 10.4 Å². The van der Waals surface area contributed by atoms with Gasteiger partial charge in [-0.2, -0.15) is 0 Å². The van der Waals surface area contributed by atoms with E-state index in [1.807, 2.05) is 54.6 Å². The summed E-state index contributed by atoms with van der Waals surface area (Å²) in [6, 6.07) is 38.7. The van der Waals surface area contributed by atoms with Crippen LogP contribution in [0, 0.1) is 0 Å². The van der Waals surface area contributed by atoms with E-state index in [1.54, 1.807) is 72.8 Å². The van der Waals surface area contributed by atoms with Crippen LogP contribution in [0.4, 0.5) is 0 Å². The van der Waals surface area contributed by atoms with Gasteiger partial charge in [0.15, 0.2) is 0 Å². The van der Waals surface area contributed by atoms with Gasteiger partial charge in [0.2, 0.25) is 0 Å². The molecule has 0 amide bonds. The molecule has 0 aromatic heterocycles. The standard InChI is InChI=1S/C31H21Cl4O2P/c32-23-6-14-27(15-7-23)38(28-16-8-24(33)9-17-28,29-18-10-25(34)11-19-29,30-20-12-26(35)13-21-30)37-31(36)22-4-2-1-3-5-22/h1-21H. The summed E-state index contributed by atoms with van der Waals surface area (Å²) in [7, 11) is 0. The molecule has 38 heavy (non-hydrogen) atoms. The number of carbonyl (C=O) groups excluding carboxylic acids is 1. The Hall–Kier alpha value is -2.84. The van der Waals surface area contributed by atoms with Crippen LogP contribution in [0.3, 0.4) is 0 Å². The van der Waals surface area contributed by atoms with Crippen LogP contribution in [0.5, 0.6) is 0 Å². The van der Waals surface area contributed by atoms with E-state index >= 15 is 0 Å². The summed E-state index contributed by atoms with van der Waals surface area (Å²) in [4.78, 5) is 14.1. The van der Waals surface area contributed by atoms with Crippen LogP contribution in [0.2, 0.25) is 20.1 Å². The van der Waals surface area contributed by atoms with Gasteiger partial charge in [-0.25, -0.2) is 0 Å². The van der Waals surface area contributed by atoms with Gasteiger partial charge in [0, 0.05) is 0 Å². The molecule has 7 heteroatoms. The Morgan fingerprint density at radius 1 is 0.447 bits per heavy atom. The molecule has 0 spiro atoms. The summed E-state index contributed by atoms with van der Waals surface area (Å²) < 4.78 is 7.03. The van der Waals surface area contributed by atoms with E-state index in [0.29, 0.717) is 25.7 Å². The van der Waals surface area contributed by atoms with Crippen LogP contribution in [0.15, 0.2) is 127 Å². The quantitative estimate of drug-likeness (QED) is 0.184. The van der Waals surface area contributed by atoms with Crippen molar-refractivity contribution in [2.24, 2.45) is 0 Å². The van der Waals surface area contributed by atoms with Gasteiger partial charge in [0.1, 0.15) is 0 Å². The van der Waals surface area contributed by atoms with Gasteiger partial charge >= 0.3 is 243 Å². The Kier molecular flexibility index (Phi) is 7.56. The predicted octanol–water partition coefficient (Wildman–Crippen LogP) is 8.23. The molecule has 0 heterocycles. The second-order valence-electron chi connectivity index (χ2n) is 8.69. The molecule has 0 aliphatic heterocycles. The minimum atomic E-state index is -4.31. The first-order chi connectivity index (χ1) is 18.3. The summed E-state index contributed by atoms with van der Waals surface area (Å²) in [5.41, 5.74) is 0.423. The van der Waals surface area contributed by atoms with Crippen molar-refractivity contribution in [3.63, 3.8) is 0 Å². The normalized spacial score (nSPS) is 12.4. The SMILES string of the molecule is O=C(OP(c1ccc(Cl)cc1)(c1ccc(Cl)cc1)(c1ccc(Cl)cc1)c1ccc(Cl)cc1)c1ccccc1. The second-order valence-corrected chi connectivity index (χ2v) is 14.8. The molecule has 5 aromatic carbocycles. The Morgan fingerprint density at radius 3 is 1.03 bits per heavy atom. The average Bonchev–Trinajstić information content (AvgIpc) is 2.94. The van der Waals surface area contributed by atoms with Crippen LogP contribution in [-0.4, -0.2) is 5.97 Å². The fourth-order valence-electron chi connectivity index (χ4n) is 4.80. The van der Waals surface area contributed by atoms with E-state index in [1.165, 1.54) is 0 Å². The van der Waals surface area contributed by atoms with Crippen molar-refractivity contribution >= 4 is 80.4 Å². The minimum absolute atomic E-state index is 0.423. The molecule has 0 aliphatic carbocycles. The third kappa shape index (κ3) is 4.51. The molecule has 0 atom stereocenters. The van der Waals surface area contributed by atoms with Crippen LogP contribution >= 0.6 is 53.2 Å². The Balaban J connectivity index is 2.01. The van der Waals surface area contributed by atoms with Crippen molar-refractivity contribution in [2.75, 3.05) is 0 Å². The fraction of sp³-hybridized carbons (Fsp3) is 0. The zero-order valence-electron chi connectivity index (χ0n) is 19.9. The number of carbonyl (C=O) groups is 1. The number of halogens is 4.